The number of hydrogen-bond acceptors (Lipinski definition) is 2. The number of hydrogen-bond donors (Lipinski definition) is 0. The SMILES string of the molecule is C=C1C(OC)=C[C@H](c2ccc(Cl)cc2)[C@H]1N1CCCC1=O. The Morgan fingerprint density at radius 1 is 1.33 bits per heavy atom. The largest absolute Gasteiger partial charge is 0.497 e. The Labute approximate surface area is 129 Å². The van der Waals surface area contributed by atoms with Gasteiger partial charge in [-0.15, -0.1) is 0 Å². The number of nitrogens with zero attached hydrogens (tertiary/aromatic N) is 1. The van der Waals surface area contributed by atoms with Gasteiger partial charge in [-0.05, 0) is 30.2 Å². The van der Waals surface area contributed by atoms with Gasteiger partial charge in [0.1, 0.15) is 5.76 Å². The second-order valence-corrected chi connectivity index (χ2v) is 5.91. The molecular weight excluding hydrogens is 286 g/mol. The van der Waals surface area contributed by atoms with Crippen molar-refractivity contribution in [2.45, 2.75) is 24.8 Å². The first-order chi connectivity index (χ1) is 10.1. The van der Waals surface area contributed by atoms with Crippen molar-refractivity contribution in [1.82, 2.24) is 4.90 Å². The third-order valence-corrected chi connectivity index (χ3v) is 4.52. The minimum absolute atomic E-state index is 0.0453. The fourth-order valence-electron chi connectivity index (χ4n) is 3.23. The molecule has 1 aliphatic heterocycles. The van der Waals surface area contributed by atoms with Crippen LogP contribution < -0.4 is 0 Å². The first kappa shape index (κ1) is 14.2. The molecular formula is C17H18ClNO2. The van der Waals surface area contributed by atoms with Crippen LogP contribution in [0.2, 0.25) is 5.02 Å². The fourth-order valence-corrected chi connectivity index (χ4v) is 3.36. The molecule has 0 radical (unpaired) electrons. The molecule has 1 aromatic carbocycles. The third kappa shape index (κ3) is 2.46. The summed E-state index contributed by atoms with van der Waals surface area (Å²) in [7, 11) is 1.64. The smallest absolute Gasteiger partial charge is 0.223 e. The summed E-state index contributed by atoms with van der Waals surface area (Å²) in [5, 5.41) is 0.709. The minimum atomic E-state index is -0.0453. The number of halogens is 1. The summed E-state index contributed by atoms with van der Waals surface area (Å²) in [5.74, 6) is 1.05. The number of likely N-dealkylation sites (tertiary alicyclic amines) is 1. The van der Waals surface area contributed by atoms with E-state index in [0.29, 0.717) is 11.4 Å². The van der Waals surface area contributed by atoms with Gasteiger partial charge >= 0.3 is 0 Å². The molecule has 0 bridgehead atoms. The highest BCUT2D eigenvalue weighted by Gasteiger charge is 2.40. The Hall–Kier alpha value is -1.74. The van der Waals surface area contributed by atoms with Gasteiger partial charge in [0.15, 0.2) is 0 Å². The van der Waals surface area contributed by atoms with Crippen LogP contribution in [0.15, 0.2) is 48.3 Å². The monoisotopic (exact) mass is 303 g/mol. The van der Waals surface area contributed by atoms with Crippen LogP contribution >= 0.6 is 11.6 Å². The molecule has 3 nitrogen and oxygen atoms in total. The zero-order valence-electron chi connectivity index (χ0n) is 12.0. The van der Waals surface area contributed by atoms with E-state index in [2.05, 4.69) is 12.7 Å². The number of ether oxygens (including phenoxy) is 1. The maximum atomic E-state index is 12.1. The van der Waals surface area contributed by atoms with Crippen molar-refractivity contribution < 1.29 is 9.53 Å². The number of rotatable bonds is 3. The number of methoxy groups -OCH3 is 1. The number of amides is 1. The molecule has 0 unspecified atom stereocenters. The van der Waals surface area contributed by atoms with Gasteiger partial charge in [-0.25, -0.2) is 0 Å². The number of benzene rings is 1. The summed E-state index contributed by atoms with van der Waals surface area (Å²) in [4.78, 5) is 14.1. The van der Waals surface area contributed by atoms with Crippen LogP contribution in [0.25, 0.3) is 0 Å². The van der Waals surface area contributed by atoms with Gasteiger partial charge in [-0.2, -0.15) is 0 Å². The van der Waals surface area contributed by atoms with Crippen LogP contribution in [0.4, 0.5) is 0 Å². The molecule has 0 aromatic heterocycles. The highest BCUT2D eigenvalue weighted by atomic mass is 35.5. The molecule has 4 heteroatoms. The Balaban J connectivity index is 1.98. The van der Waals surface area contributed by atoms with E-state index in [0.717, 1.165) is 29.9 Å². The van der Waals surface area contributed by atoms with Gasteiger partial charge in [-0.3, -0.25) is 4.79 Å². The minimum Gasteiger partial charge on any atom is -0.497 e. The molecule has 1 heterocycles. The maximum absolute atomic E-state index is 12.1. The maximum Gasteiger partial charge on any atom is 0.223 e. The molecule has 1 fully saturated rings. The van der Waals surface area contributed by atoms with Crippen molar-refractivity contribution in [1.29, 1.82) is 0 Å². The Morgan fingerprint density at radius 3 is 2.62 bits per heavy atom. The van der Waals surface area contributed by atoms with Crippen LogP contribution in [-0.2, 0) is 9.53 Å². The Bertz CT molecular complexity index is 606. The normalized spacial score (nSPS) is 25.4. The van der Waals surface area contributed by atoms with Crippen molar-refractivity contribution in [3.8, 4) is 0 Å². The lowest BCUT2D eigenvalue weighted by Gasteiger charge is -2.30. The zero-order valence-corrected chi connectivity index (χ0v) is 12.8. The zero-order chi connectivity index (χ0) is 15.0. The van der Waals surface area contributed by atoms with E-state index < -0.39 is 0 Å². The van der Waals surface area contributed by atoms with Gasteiger partial charge in [0, 0.05) is 29.5 Å². The molecule has 1 aliphatic carbocycles. The average Bonchev–Trinajstić information content (AvgIpc) is 3.03. The van der Waals surface area contributed by atoms with Crippen LogP contribution in [0.1, 0.15) is 24.3 Å². The van der Waals surface area contributed by atoms with Crippen LogP contribution in [0.3, 0.4) is 0 Å². The standard InChI is InChI=1S/C17H18ClNO2/c1-11-15(21-2)10-14(12-5-7-13(18)8-6-12)17(11)19-9-3-4-16(19)20/h5-8,10,14,17H,1,3-4,9H2,2H3/t14-,17+/m1/s1. The van der Waals surface area contributed by atoms with Crippen molar-refractivity contribution in [3.63, 3.8) is 0 Å². The molecule has 1 saturated heterocycles. The van der Waals surface area contributed by atoms with E-state index >= 15 is 0 Å². The average molecular weight is 304 g/mol. The fraction of sp³-hybridized carbons (Fsp3) is 0.353. The van der Waals surface area contributed by atoms with Gasteiger partial charge in [0.2, 0.25) is 5.91 Å². The second-order valence-electron chi connectivity index (χ2n) is 5.47. The predicted octanol–water partition coefficient (Wildman–Crippen LogP) is 3.51. The number of carbonyl (C=O) groups is 1. The summed E-state index contributed by atoms with van der Waals surface area (Å²) < 4.78 is 5.42. The van der Waals surface area contributed by atoms with Crippen molar-refractivity contribution in [2.24, 2.45) is 0 Å². The first-order valence-corrected chi connectivity index (χ1v) is 7.49. The molecule has 21 heavy (non-hydrogen) atoms. The topological polar surface area (TPSA) is 29.5 Å². The Kier molecular flexibility index (Phi) is 3.77. The summed E-state index contributed by atoms with van der Waals surface area (Å²) >= 11 is 5.97. The van der Waals surface area contributed by atoms with E-state index in [1.807, 2.05) is 29.2 Å². The van der Waals surface area contributed by atoms with E-state index in [4.69, 9.17) is 16.3 Å². The van der Waals surface area contributed by atoms with Crippen LogP contribution in [-0.4, -0.2) is 30.5 Å². The molecule has 1 aromatic rings. The molecule has 2 aliphatic rings. The van der Waals surface area contributed by atoms with E-state index in [1.54, 1.807) is 7.11 Å². The predicted molar refractivity (Wildman–Crippen MR) is 83.2 cm³/mol. The van der Waals surface area contributed by atoms with Gasteiger partial charge < -0.3 is 9.64 Å². The van der Waals surface area contributed by atoms with Crippen LogP contribution in [0.5, 0.6) is 0 Å². The quantitative estimate of drug-likeness (QED) is 0.855. The lowest BCUT2D eigenvalue weighted by Crippen LogP contribution is -2.39. The molecule has 1 amide bonds. The highest BCUT2D eigenvalue weighted by Crippen LogP contribution is 2.41. The van der Waals surface area contributed by atoms with E-state index in [9.17, 15) is 4.79 Å². The summed E-state index contributed by atoms with van der Waals surface area (Å²) in [6.07, 6.45) is 3.60. The van der Waals surface area contributed by atoms with Crippen molar-refractivity contribution in [3.05, 3.63) is 58.8 Å². The lowest BCUT2D eigenvalue weighted by atomic mass is 9.92. The van der Waals surface area contributed by atoms with Gasteiger partial charge in [0.05, 0.1) is 13.2 Å². The molecule has 0 N–H and O–H groups in total. The molecule has 3 rings (SSSR count). The highest BCUT2D eigenvalue weighted by molar-refractivity contribution is 6.30. The van der Waals surface area contributed by atoms with Crippen LogP contribution in [0, 0.1) is 0 Å². The lowest BCUT2D eigenvalue weighted by molar-refractivity contribution is -0.129. The molecule has 0 saturated carbocycles. The Morgan fingerprint density at radius 2 is 2.05 bits per heavy atom. The first-order valence-electron chi connectivity index (χ1n) is 7.11. The van der Waals surface area contributed by atoms with Crippen molar-refractivity contribution in [2.75, 3.05) is 13.7 Å². The van der Waals surface area contributed by atoms with Gasteiger partial charge in [-0.1, -0.05) is 30.3 Å². The summed E-state index contributed by atoms with van der Waals surface area (Å²) in [5.41, 5.74) is 2.00. The number of carbonyl (C=O) groups excluding carboxylic acids is 1. The van der Waals surface area contributed by atoms with Gasteiger partial charge in [0.25, 0.3) is 0 Å². The third-order valence-electron chi connectivity index (χ3n) is 4.27. The molecule has 110 valence electrons. The summed E-state index contributed by atoms with van der Waals surface area (Å²) in [6.45, 7) is 4.94. The second kappa shape index (κ2) is 5.57. The molecule has 2 atom stereocenters. The molecule has 0 spiro atoms. The van der Waals surface area contributed by atoms with Crippen molar-refractivity contribution >= 4 is 17.5 Å². The summed E-state index contributed by atoms with van der Waals surface area (Å²) in [6, 6.07) is 7.71. The van der Waals surface area contributed by atoms with E-state index in [-0.39, 0.29) is 17.9 Å². The van der Waals surface area contributed by atoms with E-state index in [1.165, 1.54) is 0 Å².